The molecule has 1 heterocycles. The van der Waals surface area contributed by atoms with Crippen molar-refractivity contribution in [2.75, 3.05) is 0 Å². The molecular formula is C14H18N2S. The lowest BCUT2D eigenvalue weighted by Gasteiger charge is -2.00. The number of nitriles is 1. The van der Waals surface area contributed by atoms with E-state index in [2.05, 4.69) is 12.1 Å². The summed E-state index contributed by atoms with van der Waals surface area (Å²) < 4.78 is 0. The molecule has 2 N–H and O–H groups in total. The summed E-state index contributed by atoms with van der Waals surface area (Å²) >= 11 is 1.78. The van der Waals surface area contributed by atoms with Gasteiger partial charge < -0.3 is 5.73 Å². The fourth-order valence-electron chi connectivity index (χ4n) is 2.28. The molecule has 2 rings (SSSR count). The van der Waals surface area contributed by atoms with E-state index < -0.39 is 0 Å². The summed E-state index contributed by atoms with van der Waals surface area (Å²) in [4.78, 5) is 2.57. The summed E-state index contributed by atoms with van der Waals surface area (Å²) in [6.07, 6.45) is 6.97. The summed E-state index contributed by atoms with van der Waals surface area (Å²) in [6, 6.07) is 4.41. The van der Waals surface area contributed by atoms with Crippen LogP contribution in [0.25, 0.3) is 5.70 Å². The highest BCUT2D eigenvalue weighted by Gasteiger charge is 2.14. The first-order valence-corrected chi connectivity index (χ1v) is 7.08. The SMILES string of the molecule is CCC(C#N)=C(N)c1cc2c(s1)CCCCC2. The number of nitrogens with two attached hydrogens (primary N) is 1. The van der Waals surface area contributed by atoms with Gasteiger partial charge in [0.05, 0.1) is 22.2 Å². The van der Waals surface area contributed by atoms with Crippen molar-refractivity contribution in [1.29, 1.82) is 5.26 Å². The highest BCUT2D eigenvalue weighted by Crippen LogP contribution is 2.32. The minimum absolute atomic E-state index is 0.688. The van der Waals surface area contributed by atoms with Crippen LogP contribution in [0.1, 0.15) is 47.9 Å². The first-order chi connectivity index (χ1) is 8.26. The van der Waals surface area contributed by atoms with Gasteiger partial charge in [-0.3, -0.25) is 0 Å². The van der Waals surface area contributed by atoms with Gasteiger partial charge in [-0.25, -0.2) is 0 Å². The molecule has 90 valence electrons. The van der Waals surface area contributed by atoms with E-state index >= 15 is 0 Å². The Morgan fingerprint density at radius 2 is 2.18 bits per heavy atom. The highest BCUT2D eigenvalue weighted by atomic mass is 32.1. The molecule has 0 atom stereocenters. The molecule has 0 aliphatic heterocycles. The normalized spacial score (nSPS) is 16.7. The molecule has 0 radical (unpaired) electrons. The Hall–Kier alpha value is -1.27. The molecule has 0 saturated carbocycles. The van der Waals surface area contributed by atoms with Crippen molar-refractivity contribution in [2.24, 2.45) is 5.73 Å². The summed E-state index contributed by atoms with van der Waals surface area (Å²) in [5.41, 5.74) is 8.93. The Balaban J connectivity index is 2.36. The number of hydrogen-bond donors (Lipinski definition) is 1. The lowest BCUT2D eigenvalue weighted by Crippen LogP contribution is -1.98. The van der Waals surface area contributed by atoms with Crippen LogP contribution in [-0.4, -0.2) is 0 Å². The van der Waals surface area contributed by atoms with Crippen molar-refractivity contribution in [3.63, 3.8) is 0 Å². The van der Waals surface area contributed by atoms with Crippen molar-refractivity contribution in [1.82, 2.24) is 0 Å². The van der Waals surface area contributed by atoms with Crippen molar-refractivity contribution in [3.05, 3.63) is 27.0 Å². The predicted octanol–water partition coefficient (Wildman–Crippen LogP) is 3.62. The van der Waals surface area contributed by atoms with Crippen LogP contribution in [0.15, 0.2) is 11.6 Å². The Bertz CT molecular complexity index is 453. The third kappa shape index (κ3) is 2.53. The molecule has 0 saturated heterocycles. The quantitative estimate of drug-likeness (QED) is 0.640. The summed E-state index contributed by atoms with van der Waals surface area (Å²) in [5, 5.41) is 9.02. The Morgan fingerprint density at radius 1 is 1.41 bits per heavy atom. The highest BCUT2D eigenvalue weighted by molar-refractivity contribution is 7.13. The number of thiophene rings is 1. The summed E-state index contributed by atoms with van der Waals surface area (Å²) in [5.74, 6) is 0. The molecule has 0 aromatic carbocycles. The van der Waals surface area contributed by atoms with E-state index in [9.17, 15) is 0 Å². The lowest BCUT2D eigenvalue weighted by atomic mass is 10.1. The molecular weight excluding hydrogens is 228 g/mol. The Morgan fingerprint density at radius 3 is 2.88 bits per heavy atom. The van der Waals surface area contributed by atoms with Gasteiger partial charge in [-0.1, -0.05) is 13.3 Å². The first kappa shape index (κ1) is 12.2. The van der Waals surface area contributed by atoms with Crippen LogP contribution in [-0.2, 0) is 12.8 Å². The third-order valence-corrected chi connectivity index (χ3v) is 4.60. The van der Waals surface area contributed by atoms with Gasteiger partial charge >= 0.3 is 0 Å². The van der Waals surface area contributed by atoms with Gasteiger partial charge in [0.2, 0.25) is 0 Å². The van der Waals surface area contributed by atoms with E-state index in [1.165, 1.54) is 42.5 Å². The maximum absolute atomic E-state index is 9.02. The number of fused-ring (bicyclic) bond motifs is 1. The predicted molar refractivity (Wildman–Crippen MR) is 72.6 cm³/mol. The number of allylic oxidation sites excluding steroid dienone is 1. The molecule has 2 nitrogen and oxygen atoms in total. The standard InChI is InChI=1S/C14H18N2S/c1-2-10(9-15)14(16)13-8-11-6-4-3-5-7-12(11)17-13/h8H,2-7,16H2,1H3. The maximum atomic E-state index is 9.02. The second-order valence-corrected chi connectivity index (χ2v) is 5.61. The van der Waals surface area contributed by atoms with E-state index in [0.717, 1.165) is 4.88 Å². The second-order valence-electron chi connectivity index (χ2n) is 4.48. The van der Waals surface area contributed by atoms with Crippen LogP contribution >= 0.6 is 11.3 Å². The molecule has 1 aromatic rings. The zero-order valence-corrected chi connectivity index (χ0v) is 11.1. The Labute approximate surface area is 107 Å². The van der Waals surface area contributed by atoms with Crippen molar-refractivity contribution < 1.29 is 0 Å². The average molecular weight is 246 g/mol. The third-order valence-electron chi connectivity index (χ3n) is 3.33. The van der Waals surface area contributed by atoms with E-state index in [-0.39, 0.29) is 0 Å². The lowest BCUT2D eigenvalue weighted by molar-refractivity contribution is 0.712. The van der Waals surface area contributed by atoms with E-state index in [1.807, 2.05) is 6.92 Å². The fraction of sp³-hybridized carbons (Fsp3) is 0.500. The second kappa shape index (κ2) is 5.37. The zero-order chi connectivity index (χ0) is 12.3. The van der Waals surface area contributed by atoms with Crippen LogP contribution < -0.4 is 5.73 Å². The van der Waals surface area contributed by atoms with Gasteiger partial charge in [-0.2, -0.15) is 5.26 Å². The number of rotatable bonds is 2. The molecule has 0 fully saturated rings. The van der Waals surface area contributed by atoms with E-state index in [1.54, 1.807) is 11.3 Å². The molecule has 1 aliphatic rings. The van der Waals surface area contributed by atoms with Crippen molar-refractivity contribution >= 4 is 17.0 Å². The molecule has 17 heavy (non-hydrogen) atoms. The Kier molecular flexibility index (Phi) is 3.86. The van der Waals surface area contributed by atoms with Gasteiger partial charge in [-0.05, 0) is 43.7 Å². The number of nitrogens with zero attached hydrogens (tertiary/aromatic N) is 1. The minimum atomic E-state index is 0.688. The van der Waals surface area contributed by atoms with Crippen molar-refractivity contribution in [2.45, 2.75) is 45.4 Å². The maximum Gasteiger partial charge on any atom is 0.0969 e. The molecule has 1 aromatic heterocycles. The van der Waals surface area contributed by atoms with Gasteiger partial charge in [-0.15, -0.1) is 11.3 Å². The summed E-state index contributed by atoms with van der Waals surface area (Å²) in [6.45, 7) is 1.98. The molecule has 1 aliphatic carbocycles. The van der Waals surface area contributed by atoms with Gasteiger partial charge in [0, 0.05) is 4.88 Å². The van der Waals surface area contributed by atoms with Gasteiger partial charge in [0.15, 0.2) is 0 Å². The smallest absolute Gasteiger partial charge is 0.0969 e. The van der Waals surface area contributed by atoms with Crippen LogP contribution in [0.5, 0.6) is 0 Å². The monoisotopic (exact) mass is 246 g/mol. The minimum Gasteiger partial charge on any atom is -0.397 e. The zero-order valence-electron chi connectivity index (χ0n) is 10.3. The van der Waals surface area contributed by atoms with Crippen LogP contribution in [0.2, 0.25) is 0 Å². The van der Waals surface area contributed by atoms with Crippen LogP contribution in [0, 0.1) is 11.3 Å². The molecule has 0 unspecified atom stereocenters. The van der Waals surface area contributed by atoms with E-state index in [4.69, 9.17) is 11.0 Å². The number of aryl methyl sites for hydroxylation is 2. The van der Waals surface area contributed by atoms with Crippen LogP contribution in [0.4, 0.5) is 0 Å². The van der Waals surface area contributed by atoms with Crippen molar-refractivity contribution in [3.8, 4) is 6.07 Å². The fourth-order valence-corrected chi connectivity index (χ4v) is 3.52. The van der Waals surface area contributed by atoms with Gasteiger partial charge in [0.25, 0.3) is 0 Å². The molecule has 3 heteroatoms. The van der Waals surface area contributed by atoms with Crippen LogP contribution in [0.3, 0.4) is 0 Å². The van der Waals surface area contributed by atoms with E-state index in [0.29, 0.717) is 17.7 Å². The largest absolute Gasteiger partial charge is 0.397 e. The number of hydrogen-bond acceptors (Lipinski definition) is 3. The molecule has 0 bridgehead atoms. The molecule has 0 spiro atoms. The summed E-state index contributed by atoms with van der Waals surface area (Å²) in [7, 11) is 0. The topological polar surface area (TPSA) is 49.8 Å². The first-order valence-electron chi connectivity index (χ1n) is 6.27. The van der Waals surface area contributed by atoms with Gasteiger partial charge in [0.1, 0.15) is 0 Å². The average Bonchev–Trinajstić information content (AvgIpc) is 2.62. The molecule has 0 amide bonds.